The summed E-state index contributed by atoms with van der Waals surface area (Å²) in [4.78, 5) is 20.7. The molecule has 0 atom stereocenters. The fourth-order valence-corrected chi connectivity index (χ4v) is 4.03. The van der Waals surface area contributed by atoms with Gasteiger partial charge < -0.3 is 14.2 Å². The van der Waals surface area contributed by atoms with Crippen LogP contribution in [-0.4, -0.2) is 62.9 Å². The van der Waals surface area contributed by atoms with Crippen molar-refractivity contribution in [1.29, 1.82) is 0 Å². The zero-order valence-electron chi connectivity index (χ0n) is 15.5. The van der Waals surface area contributed by atoms with Crippen molar-refractivity contribution < 1.29 is 27.7 Å². The number of para-hydroxylation sites is 2. The third-order valence-electron chi connectivity index (χ3n) is 4.02. The summed E-state index contributed by atoms with van der Waals surface area (Å²) in [7, 11) is -3.79. The summed E-state index contributed by atoms with van der Waals surface area (Å²) in [6.07, 6.45) is 0. The topological polar surface area (TPSA) is 89.9 Å². The number of nitrogens with zero attached hydrogens (tertiary/aromatic N) is 3. The lowest BCUT2D eigenvalue weighted by Crippen LogP contribution is -2.50. The van der Waals surface area contributed by atoms with Gasteiger partial charge in [-0.3, -0.25) is 13.9 Å². The van der Waals surface area contributed by atoms with Crippen LogP contribution in [0.25, 0.3) is 0 Å². The van der Waals surface area contributed by atoms with E-state index < -0.39 is 7.82 Å². The van der Waals surface area contributed by atoms with E-state index in [9.17, 15) is 9.36 Å². The minimum absolute atomic E-state index is 0.0390. The smallest absolute Gasteiger partial charge is 0.388 e. The Hall–Kier alpha value is -1.93. The van der Waals surface area contributed by atoms with Crippen LogP contribution in [0.4, 0.5) is 16.2 Å². The molecule has 2 amide bonds. The number of amides is 2. The number of rotatable bonds is 5. The van der Waals surface area contributed by atoms with Crippen LogP contribution in [0, 0.1) is 0 Å². The molecule has 1 aromatic rings. The summed E-state index contributed by atoms with van der Waals surface area (Å²) in [6, 6.07) is 7.06. The third-order valence-corrected chi connectivity index (χ3v) is 5.60. The molecule has 0 radical (unpaired) electrons. The summed E-state index contributed by atoms with van der Waals surface area (Å²) in [5, 5.41) is 0. The van der Waals surface area contributed by atoms with Crippen LogP contribution in [0.15, 0.2) is 29.3 Å². The van der Waals surface area contributed by atoms with Crippen molar-refractivity contribution in [3.05, 3.63) is 24.3 Å². The Morgan fingerprint density at radius 3 is 2.52 bits per heavy atom. The first-order valence-corrected chi connectivity index (χ1v) is 10.4. The molecule has 9 nitrogen and oxygen atoms in total. The van der Waals surface area contributed by atoms with Gasteiger partial charge in [-0.05, 0) is 26.0 Å². The lowest BCUT2D eigenvalue weighted by Gasteiger charge is -2.35. The Kier molecular flexibility index (Phi) is 6.49. The highest BCUT2D eigenvalue weighted by Gasteiger charge is 2.35. The minimum Gasteiger partial charge on any atom is -0.388 e. The Balaban J connectivity index is 1.86. The number of carbonyl (C=O) groups excluding carboxylic acids is 1. The molecular weight excluding hydrogens is 373 g/mol. The van der Waals surface area contributed by atoms with E-state index in [0.717, 1.165) is 0 Å². The number of urea groups is 1. The summed E-state index contributed by atoms with van der Waals surface area (Å²) in [5.74, 6) is 0.112. The number of hydrogen-bond acceptors (Lipinski definition) is 7. The molecule has 1 saturated heterocycles. The van der Waals surface area contributed by atoms with E-state index >= 15 is 0 Å². The predicted octanol–water partition coefficient (Wildman–Crippen LogP) is 3.19. The molecule has 2 aliphatic heterocycles. The molecule has 0 saturated carbocycles. The number of benzene rings is 1. The molecule has 27 heavy (non-hydrogen) atoms. The van der Waals surface area contributed by atoms with E-state index in [1.54, 1.807) is 29.7 Å². The van der Waals surface area contributed by atoms with Gasteiger partial charge in [0.05, 0.1) is 37.8 Å². The Labute approximate surface area is 158 Å². The van der Waals surface area contributed by atoms with E-state index in [2.05, 4.69) is 4.99 Å². The van der Waals surface area contributed by atoms with Crippen LogP contribution in [-0.2, 0) is 22.9 Å². The number of phosphoric ester groups is 1. The molecular formula is C17H24N3O6P. The lowest BCUT2D eigenvalue weighted by atomic mass is 10.2. The second kappa shape index (κ2) is 8.84. The van der Waals surface area contributed by atoms with Crippen LogP contribution in [0.3, 0.4) is 0 Å². The SMILES string of the molecule is CCOP(=O)(OCC)OC1=Nc2ccccc2N(C(=O)N2CCOCC2)C1. The summed E-state index contributed by atoms with van der Waals surface area (Å²) >= 11 is 0. The normalized spacial score (nSPS) is 17.3. The van der Waals surface area contributed by atoms with Gasteiger partial charge in [0, 0.05) is 13.1 Å². The van der Waals surface area contributed by atoms with Gasteiger partial charge in [-0.25, -0.2) is 14.4 Å². The molecule has 0 aromatic heterocycles. The molecule has 0 N–H and O–H groups in total. The maximum absolute atomic E-state index is 13.0. The third kappa shape index (κ3) is 4.68. The van der Waals surface area contributed by atoms with Crippen molar-refractivity contribution in [3.8, 4) is 0 Å². The Morgan fingerprint density at radius 1 is 1.19 bits per heavy atom. The standard InChI is InChI=1S/C17H24N3O6P/c1-3-24-27(22,25-4-2)26-16-13-20(15-8-6-5-7-14(15)18-16)17(21)19-9-11-23-12-10-19/h5-8H,3-4,9-13H2,1-2H3. The Morgan fingerprint density at radius 2 is 1.85 bits per heavy atom. The van der Waals surface area contributed by atoms with E-state index in [1.165, 1.54) is 0 Å². The zero-order chi connectivity index (χ0) is 19.3. The average Bonchev–Trinajstić information content (AvgIpc) is 2.67. The van der Waals surface area contributed by atoms with Crippen molar-refractivity contribution in [1.82, 2.24) is 4.90 Å². The largest absolute Gasteiger partial charge is 0.531 e. The summed E-state index contributed by atoms with van der Waals surface area (Å²) in [6.45, 7) is 5.79. The van der Waals surface area contributed by atoms with Gasteiger partial charge in [-0.15, -0.1) is 0 Å². The van der Waals surface area contributed by atoms with Gasteiger partial charge in [0.1, 0.15) is 6.54 Å². The second-order valence-electron chi connectivity index (χ2n) is 5.84. The molecule has 3 rings (SSSR count). The monoisotopic (exact) mass is 397 g/mol. The van der Waals surface area contributed by atoms with Crippen LogP contribution in [0.2, 0.25) is 0 Å². The number of carbonyl (C=O) groups is 1. The number of morpholine rings is 1. The van der Waals surface area contributed by atoms with E-state index in [-0.39, 0.29) is 31.7 Å². The molecule has 10 heteroatoms. The van der Waals surface area contributed by atoms with Crippen LogP contribution < -0.4 is 4.90 Å². The van der Waals surface area contributed by atoms with Crippen molar-refractivity contribution in [2.24, 2.45) is 4.99 Å². The highest BCUT2D eigenvalue weighted by molar-refractivity contribution is 7.49. The molecule has 0 aliphatic carbocycles. The van der Waals surface area contributed by atoms with Crippen LogP contribution in [0.5, 0.6) is 0 Å². The maximum Gasteiger partial charge on any atom is 0.531 e. The van der Waals surface area contributed by atoms with Crippen molar-refractivity contribution in [2.45, 2.75) is 13.8 Å². The minimum atomic E-state index is -3.79. The van der Waals surface area contributed by atoms with E-state index in [1.807, 2.05) is 18.2 Å². The van der Waals surface area contributed by atoms with E-state index in [0.29, 0.717) is 37.7 Å². The number of phosphoric acid groups is 1. The molecule has 148 valence electrons. The van der Waals surface area contributed by atoms with Gasteiger partial charge in [0.25, 0.3) is 0 Å². The number of anilines is 1. The van der Waals surface area contributed by atoms with Crippen LogP contribution >= 0.6 is 7.82 Å². The molecule has 1 aromatic carbocycles. The number of hydrogen-bond donors (Lipinski definition) is 0. The number of ether oxygens (including phenoxy) is 1. The highest BCUT2D eigenvalue weighted by atomic mass is 31.2. The number of aliphatic imine (C=N–C) groups is 1. The molecule has 1 fully saturated rings. The average molecular weight is 397 g/mol. The number of fused-ring (bicyclic) bond motifs is 1. The fraction of sp³-hybridized carbons (Fsp3) is 0.529. The zero-order valence-corrected chi connectivity index (χ0v) is 16.4. The van der Waals surface area contributed by atoms with Gasteiger partial charge in [-0.1, -0.05) is 12.1 Å². The van der Waals surface area contributed by atoms with Crippen molar-refractivity contribution in [3.63, 3.8) is 0 Å². The highest BCUT2D eigenvalue weighted by Crippen LogP contribution is 2.50. The molecule has 2 heterocycles. The van der Waals surface area contributed by atoms with Gasteiger partial charge >= 0.3 is 13.9 Å². The predicted molar refractivity (Wildman–Crippen MR) is 101 cm³/mol. The van der Waals surface area contributed by atoms with Crippen molar-refractivity contribution in [2.75, 3.05) is 51.0 Å². The first kappa shape index (κ1) is 19.8. The first-order valence-electron chi connectivity index (χ1n) is 8.96. The summed E-state index contributed by atoms with van der Waals surface area (Å²) < 4.78 is 33.9. The fourth-order valence-electron chi connectivity index (χ4n) is 2.86. The molecule has 0 bridgehead atoms. The molecule has 2 aliphatic rings. The quantitative estimate of drug-likeness (QED) is 0.709. The summed E-state index contributed by atoms with van der Waals surface area (Å²) in [5.41, 5.74) is 1.23. The second-order valence-corrected chi connectivity index (χ2v) is 7.43. The lowest BCUT2D eigenvalue weighted by molar-refractivity contribution is 0.0549. The first-order chi connectivity index (χ1) is 13.1. The van der Waals surface area contributed by atoms with Gasteiger partial charge in [0.2, 0.25) is 5.90 Å². The maximum atomic E-state index is 13.0. The van der Waals surface area contributed by atoms with E-state index in [4.69, 9.17) is 18.3 Å². The van der Waals surface area contributed by atoms with Crippen molar-refractivity contribution >= 4 is 31.1 Å². The molecule has 0 unspecified atom stereocenters. The van der Waals surface area contributed by atoms with Gasteiger partial charge in [0.15, 0.2) is 0 Å². The molecule has 0 spiro atoms. The van der Waals surface area contributed by atoms with Crippen LogP contribution in [0.1, 0.15) is 13.8 Å². The van der Waals surface area contributed by atoms with Gasteiger partial charge in [-0.2, -0.15) is 0 Å². The Bertz CT molecular complexity index is 740.